The van der Waals surface area contributed by atoms with Gasteiger partial charge >= 0.3 is 0 Å². The Bertz CT molecular complexity index is 1230. The fraction of sp³-hybridized carbons (Fsp3) is 0.120. The Labute approximate surface area is 205 Å². The predicted molar refractivity (Wildman–Crippen MR) is 132 cm³/mol. The molecule has 1 aliphatic rings. The number of nitrogens with zero attached hydrogens (tertiary/aromatic N) is 1. The van der Waals surface area contributed by atoms with Gasteiger partial charge in [-0.25, -0.2) is 0 Å². The molecule has 33 heavy (non-hydrogen) atoms. The molecule has 0 aliphatic carbocycles. The van der Waals surface area contributed by atoms with Crippen LogP contribution in [-0.4, -0.2) is 23.2 Å². The highest BCUT2D eigenvalue weighted by atomic mass is 35.5. The summed E-state index contributed by atoms with van der Waals surface area (Å²) in [5.41, 5.74) is 2.48. The molecule has 168 valence electrons. The molecule has 0 aromatic heterocycles. The zero-order chi connectivity index (χ0) is 23.4. The molecule has 5 nitrogen and oxygen atoms in total. The summed E-state index contributed by atoms with van der Waals surface area (Å²) in [7, 11) is 1.55. The molecule has 0 saturated carbocycles. The molecule has 1 aliphatic heterocycles. The molecule has 4 rings (SSSR count). The van der Waals surface area contributed by atoms with Crippen molar-refractivity contribution in [2.75, 3.05) is 7.11 Å². The van der Waals surface area contributed by atoms with Crippen molar-refractivity contribution in [1.82, 2.24) is 4.90 Å². The SMILES string of the molecule is COc1cc(/C=C2\SC(=O)N(Cc3ccc(Cl)cc3)C2=O)ccc1OCc1cccc(Cl)c1. The lowest BCUT2D eigenvalue weighted by Crippen LogP contribution is -2.27. The summed E-state index contributed by atoms with van der Waals surface area (Å²) in [4.78, 5) is 26.8. The van der Waals surface area contributed by atoms with Crippen LogP contribution in [0.3, 0.4) is 0 Å². The van der Waals surface area contributed by atoms with Crippen LogP contribution >= 0.6 is 35.0 Å². The van der Waals surface area contributed by atoms with Gasteiger partial charge in [-0.3, -0.25) is 14.5 Å². The zero-order valence-electron chi connectivity index (χ0n) is 17.6. The van der Waals surface area contributed by atoms with Gasteiger partial charge in [-0.1, -0.05) is 53.5 Å². The topological polar surface area (TPSA) is 55.8 Å². The smallest absolute Gasteiger partial charge is 0.293 e. The molecule has 1 heterocycles. The summed E-state index contributed by atoms with van der Waals surface area (Å²) in [5, 5.41) is 0.930. The van der Waals surface area contributed by atoms with Crippen LogP contribution < -0.4 is 9.47 Å². The largest absolute Gasteiger partial charge is 0.493 e. The molecule has 1 saturated heterocycles. The van der Waals surface area contributed by atoms with Crippen LogP contribution in [0.15, 0.2) is 71.6 Å². The number of carbonyl (C=O) groups is 2. The van der Waals surface area contributed by atoms with Crippen LogP contribution in [0.5, 0.6) is 11.5 Å². The third-order valence-corrected chi connectivity index (χ3v) is 6.29. The molecular formula is C25H19Cl2NO4S. The van der Waals surface area contributed by atoms with E-state index in [1.54, 1.807) is 55.7 Å². The monoisotopic (exact) mass is 499 g/mol. The summed E-state index contributed by atoms with van der Waals surface area (Å²) in [6, 6.07) is 19.8. The van der Waals surface area contributed by atoms with Crippen molar-refractivity contribution < 1.29 is 19.1 Å². The number of rotatable bonds is 7. The first-order valence-corrected chi connectivity index (χ1v) is 11.6. The van der Waals surface area contributed by atoms with Crippen LogP contribution in [0.1, 0.15) is 16.7 Å². The lowest BCUT2D eigenvalue weighted by Gasteiger charge is -2.12. The number of ether oxygens (including phenoxy) is 2. The second-order valence-corrected chi connectivity index (χ2v) is 9.09. The van der Waals surface area contributed by atoms with Crippen LogP contribution in [0.4, 0.5) is 4.79 Å². The number of imide groups is 1. The van der Waals surface area contributed by atoms with E-state index in [9.17, 15) is 9.59 Å². The van der Waals surface area contributed by atoms with Crippen LogP contribution in [0.2, 0.25) is 10.0 Å². The average molecular weight is 500 g/mol. The number of thioether (sulfide) groups is 1. The fourth-order valence-electron chi connectivity index (χ4n) is 3.24. The molecule has 1 fully saturated rings. The highest BCUT2D eigenvalue weighted by Crippen LogP contribution is 2.35. The van der Waals surface area contributed by atoms with Gasteiger partial charge in [-0.15, -0.1) is 0 Å². The zero-order valence-corrected chi connectivity index (χ0v) is 19.9. The third kappa shape index (κ3) is 5.71. The molecule has 0 spiro atoms. The lowest BCUT2D eigenvalue weighted by atomic mass is 10.1. The van der Waals surface area contributed by atoms with Crippen molar-refractivity contribution in [3.63, 3.8) is 0 Å². The Morgan fingerprint density at radius 3 is 2.42 bits per heavy atom. The number of benzene rings is 3. The molecule has 8 heteroatoms. The number of hydrogen-bond donors (Lipinski definition) is 0. The van der Waals surface area contributed by atoms with Gasteiger partial charge < -0.3 is 9.47 Å². The van der Waals surface area contributed by atoms with E-state index < -0.39 is 0 Å². The minimum absolute atomic E-state index is 0.193. The maximum Gasteiger partial charge on any atom is 0.293 e. The number of methoxy groups -OCH3 is 1. The van der Waals surface area contributed by atoms with Gasteiger partial charge in [-0.2, -0.15) is 0 Å². The first kappa shape index (κ1) is 23.2. The first-order valence-electron chi connectivity index (χ1n) is 9.98. The molecular weight excluding hydrogens is 481 g/mol. The van der Waals surface area contributed by atoms with Gasteiger partial charge in [0, 0.05) is 10.0 Å². The van der Waals surface area contributed by atoms with E-state index >= 15 is 0 Å². The molecule has 0 N–H and O–H groups in total. The molecule has 0 unspecified atom stereocenters. The molecule has 0 radical (unpaired) electrons. The second-order valence-electron chi connectivity index (χ2n) is 7.22. The Balaban J connectivity index is 1.48. The van der Waals surface area contributed by atoms with Crippen molar-refractivity contribution >= 4 is 52.2 Å². The Morgan fingerprint density at radius 1 is 0.909 bits per heavy atom. The van der Waals surface area contributed by atoms with Crippen molar-refractivity contribution in [3.8, 4) is 11.5 Å². The third-order valence-electron chi connectivity index (χ3n) is 4.90. The summed E-state index contributed by atoms with van der Waals surface area (Å²) in [6.45, 7) is 0.526. The molecule has 3 aromatic carbocycles. The lowest BCUT2D eigenvalue weighted by molar-refractivity contribution is -0.123. The van der Waals surface area contributed by atoms with Gasteiger partial charge in [0.25, 0.3) is 11.1 Å². The molecule has 2 amide bonds. The second kappa shape index (κ2) is 10.3. The molecule has 0 bridgehead atoms. The van der Waals surface area contributed by atoms with Crippen LogP contribution in [0, 0.1) is 0 Å². The van der Waals surface area contributed by atoms with Crippen LogP contribution in [-0.2, 0) is 17.9 Å². The van der Waals surface area contributed by atoms with Crippen molar-refractivity contribution in [1.29, 1.82) is 0 Å². The van der Waals surface area contributed by atoms with E-state index in [-0.39, 0.29) is 17.7 Å². The highest BCUT2D eigenvalue weighted by Gasteiger charge is 2.35. The summed E-state index contributed by atoms with van der Waals surface area (Å²) in [6.07, 6.45) is 1.68. The molecule has 0 atom stereocenters. The van der Waals surface area contributed by atoms with E-state index in [1.165, 1.54) is 4.90 Å². The summed E-state index contributed by atoms with van der Waals surface area (Å²) >= 11 is 12.8. The van der Waals surface area contributed by atoms with Gasteiger partial charge in [0.05, 0.1) is 18.6 Å². The summed E-state index contributed by atoms with van der Waals surface area (Å²) < 4.78 is 11.3. The van der Waals surface area contributed by atoms with Gasteiger partial charge in [0.2, 0.25) is 0 Å². The minimum Gasteiger partial charge on any atom is -0.493 e. The van der Waals surface area contributed by atoms with E-state index in [4.69, 9.17) is 32.7 Å². The van der Waals surface area contributed by atoms with E-state index in [2.05, 4.69) is 0 Å². The van der Waals surface area contributed by atoms with E-state index in [1.807, 2.05) is 24.3 Å². The normalized spacial score (nSPS) is 14.8. The summed E-state index contributed by atoms with van der Waals surface area (Å²) in [5.74, 6) is 0.747. The maximum absolute atomic E-state index is 12.8. The number of halogens is 2. The average Bonchev–Trinajstić information content (AvgIpc) is 3.06. The molecule has 3 aromatic rings. The fourth-order valence-corrected chi connectivity index (χ4v) is 4.42. The van der Waals surface area contributed by atoms with Crippen molar-refractivity contribution in [2.24, 2.45) is 0 Å². The number of amides is 2. The van der Waals surface area contributed by atoms with Gasteiger partial charge in [0.15, 0.2) is 11.5 Å². The minimum atomic E-state index is -0.333. The van der Waals surface area contributed by atoms with Gasteiger partial charge in [0.1, 0.15) is 6.61 Å². The van der Waals surface area contributed by atoms with E-state index in [0.29, 0.717) is 33.1 Å². The number of carbonyl (C=O) groups excluding carboxylic acids is 2. The maximum atomic E-state index is 12.8. The van der Waals surface area contributed by atoms with Gasteiger partial charge in [-0.05, 0) is 70.9 Å². The first-order chi connectivity index (χ1) is 15.9. The quantitative estimate of drug-likeness (QED) is 0.334. The standard InChI is InChI=1S/C25H19Cl2NO4S/c1-31-22-12-17(7-10-21(22)32-15-18-3-2-4-20(27)11-18)13-23-24(29)28(25(30)33-23)14-16-5-8-19(26)9-6-16/h2-13H,14-15H2,1H3/b23-13-. The van der Waals surface area contributed by atoms with Crippen molar-refractivity contribution in [2.45, 2.75) is 13.2 Å². The Hall–Kier alpha value is -2.93. The van der Waals surface area contributed by atoms with E-state index in [0.717, 1.165) is 28.5 Å². The van der Waals surface area contributed by atoms with Crippen molar-refractivity contribution in [3.05, 3.63) is 98.4 Å². The Kier molecular flexibility index (Phi) is 7.28. The van der Waals surface area contributed by atoms with Crippen LogP contribution in [0.25, 0.3) is 6.08 Å². The Morgan fingerprint density at radius 2 is 1.70 bits per heavy atom. The number of hydrogen-bond acceptors (Lipinski definition) is 5. The highest BCUT2D eigenvalue weighted by molar-refractivity contribution is 8.18. The predicted octanol–water partition coefficient (Wildman–Crippen LogP) is 6.82.